The van der Waals surface area contributed by atoms with E-state index in [-0.39, 0.29) is 39.7 Å². The molecule has 4 aromatic rings. The Hall–Kier alpha value is -6.00. The molecule has 28 heteroatoms. The molecule has 0 aliphatic rings. The Morgan fingerprint density at radius 2 is 1.12 bits per heavy atom. The molecule has 56 heavy (non-hydrogen) atoms. The molecule has 0 aliphatic heterocycles. The van der Waals surface area contributed by atoms with Gasteiger partial charge in [0.05, 0.1) is 12.0 Å². The van der Waals surface area contributed by atoms with Crippen molar-refractivity contribution in [2.45, 2.75) is 9.79 Å². The van der Waals surface area contributed by atoms with E-state index in [1.165, 1.54) is 42.5 Å². The number of nitrogens with one attached hydrogen (secondary N) is 2. The van der Waals surface area contributed by atoms with Crippen molar-refractivity contribution in [3.63, 3.8) is 0 Å². The molecule has 8 N–H and O–H groups in total. The molecule has 0 saturated carbocycles. The Morgan fingerprint density at radius 3 is 1.55 bits per heavy atom. The Balaban J connectivity index is 1.64. The zero-order chi connectivity index (χ0) is 41.2. The van der Waals surface area contributed by atoms with Gasteiger partial charge in [0.1, 0.15) is 31.1 Å². The molecule has 2 heterocycles. The van der Waals surface area contributed by atoms with Gasteiger partial charge in [-0.15, -0.1) is 4.33 Å². The normalized spacial score (nSPS) is 11.3. The number of aromatic nitrogens is 6. The van der Waals surface area contributed by atoms with Gasteiger partial charge in [0.2, 0.25) is 34.4 Å². The van der Waals surface area contributed by atoms with E-state index in [9.17, 15) is 42.4 Å². The molecule has 0 amide bonds. The molecule has 0 saturated heterocycles. The highest BCUT2D eigenvalue weighted by molar-refractivity contribution is 7.94. The fraction of sp³-hybridized carbons (Fsp3) is 0.143. The first-order valence-electron chi connectivity index (χ1n) is 14.7. The van der Waals surface area contributed by atoms with Gasteiger partial charge in [-0.05, 0) is 58.6 Å². The smallest absolute Gasteiger partial charge is 0.323 e. The Kier molecular flexibility index (Phi) is 14.5. The molecule has 4 rings (SSSR count). The molecular formula is C28H24Cl2N10O14S2. The predicted molar refractivity (Wildman–Crippen MR) is 193 cm³/mol. The van der Waals surface area contributed by atoms with E-state index in [1.54, 1.807) is 0 Å². The van der Waals surface area contributed by atoms with E-state index in [0.29, 0.717) is 17.6 Å². The molecule has 0 spiro atoms. The van der Waals surface area contributed by atoms with Crippen LogP contribution < -0.4 is 20.4 Å². The number of carboxylic acids is 4. The summed E-state index contributed by atoms with van der Waals surface area (Å²) in [4.78, 5) is 69.6. The third-order valence-corrected chi connectivity index (χ3v) is 8.39. The minimum absolute atomic E-state index is 0.0122. The summed E-state index contributed by atoms with van der Waals surface area (Å²) in [5.41, 5.74) is 0.511. The lowest BCUT2D eigenvalue weighted by Gasteiger charge is -2.19. The summed E-state index contributed by atoms with van der Waals surface area (Å²) in [6.07, 6.45) is 2.69. The van der Waals surface area contributed by atoms with Gasteiger partial charge in [-0.2, -0.15) is 38.3 Å². The minimum Gasteiger partial charge on any atom is -0.480 e. The maximum absolute atomic E-state index is 12.4. The molecule has 0 fully saturated rings. The number of hydrogen-bond donors (Lipinski definition) is 8. The van der Waals surface area contributed by atoms with Crippen molar-refractivity contribution in [2.75, 3.05) is 46.6 Å². The molecule has 0 radical (unpaired) electrons. The van der Waals surface area contributed by atoms with Gasteiger partial charge in [0.15, 0.2) is 0 Å². The maximum Gasteiger partial charge on any atom is 0.323 e. The number of hydrogen-bond acceptors (Lipinski definition) is 20. The SMILES string of the molecule is O=C(O)CN(CC(=O)O)c1nc(Cl)nc(Nc2ccc(C=Cc3ccc(Nc4nc(Cl)nc(N(CC(=O)O)CC(=O)O)n4)cc3S(=O)(=O)O)c(SOOO)c2)n1. The summed E-state index contributed by atoms with van der Waals surface area (Å²) in [5.74, 6) is -6.86. The number of carboxylic acid groups (broad SMARTS) is 4. The maximum atomic E-state index is 12.4. The van der Waals surface area contributed by atoms with Crippen molar-refractivity contribution >= 4 is 117 Å². The zero-order valence-electron chi connectivity index (χ0n) is 27.5. The van der Waals surface area contributed by atoms with Crippen LogP contribution in [0.25, 0.3) is 12.2 Å². The summed E-state index contributed by atoms with van der Waals surface area (Å²) in [6, 6.07) is 8.02. The highest BCUT2D eigenvalue weighted by atomic mass is 35.5. The second-order valence-electron chi connectivity index (χ2n) is 10.5. The first kappa shape index (κ1) is 42.7. The highest BCUT2D eigenvalue weighted by Crippen LogP contribution is 2.31. The quantitative estimate of drug-likeness (QED) is 0.0208. The van der Waals surface area contributed by atoms with Crippen molar-refractivity contribution in [2.24, 2.45) is 0 Å². The van der Waals surface area contributed by atoms with E-state index >= 15 is 0 Å². The number of nitrogens with zero attached hydrogens (tertiary/aromatic N) is 8. The molecule has 2 aromatic carbocycles. The molecule has 24 nitrogen and oxygen atoms in total. The van der Waals surface area contributed by atoms with Gasteiger partial charge in [-0.25, -0.2) is 5.26 Å². The first-order valence-corrected chi connectivity index (χ1v) is 17.7. The van der Waals surface area contributed by atoms with Crippen LogP contribution in [0.5, 0.6) is 0 Å². The number of benzene rings is 2. The molecular weight excluding hydrogens is 835 g/mol. The van der Waals surface area contributed by atoms with Gasteiger partial charge >= 0.3 is 23.9 Å². The number of aliphatic carboxylic acids is 4. The molecule has 2 aromatic heterocycles. The van der Waals surface area contributed by atoms with Crippen LogP contribution in [-0.4, -0.2) is 119 Å². The summed E-state index contributed by atoms with van der Waals surface area (Å²) < 4.78 is 39.5. The van der Waals surface area contributed by atoms with Gasteiger partial charge in [-0.3, -0.25) is 23.7 Å². The summed E-state index contributed by atoms with van der Waals surface area (Å²) in [7, 11) is -4.90. The van der Waals surface area contributed by atoms with Gasteiger partial charge in [0.25, 0.3) is 10.1 Å². The van der Waals surface area contributed by atoms with Gasteiger partial charge in [-0.1, -0.05) is 29.3 Å². The predicted octanol–water partition coefficient (Wildman–Crippen LogP) is 2.65. The van der Waals surface area contributed by atoms with Crippen molar-refractivity contribution in [1.82, 2.24) is 29.9 Å². The van der Waals surface area contributed by atoms with E-state index < -0.39 is 81.6 Å². The molecule has 0 aliphatic carbocycles. The summed E-state index contributed by atoms with van der Waals surface area (Å²) in [6.45, 7) is -3.16. The Morgan fingerprint density at radius 1 is 0.696 bits per heavy atom. The summed E-state index contributed by atoms with van der Waals surface area (Å²) >= 11 is 12.4. The van der Waals surface area contributed by atoms with Crippen LogP contribution in [-0.2, 0) is 38.7 Å². The number of rotatable bonds is 20. The topological polar surface area (TPSA) is 350 Å². The fourth-order valence-electron chi connectivity index (χ4n) is 4.41. The lowest BCUT2D eigenvalue weighted by Crippen LogP contribution is -2.36. The van der Waals surface area contributed by atoms with Crippen molar-refractivity contribution in [1.29, 1.82) is 0 Å². The molecule has 0 atom stereocenters. The van der Waals surface area contributed by atoms with E-state index in [0.717, 1.165) is 15.9 Å². The van der Waals surface area contributed by atoms with Crippen LogP contribution in [0.4, 0.5) is 35.2 Å². The van der Waals surface area contributed by atoms with Crippen LogP contribution in [0, 0.1) is 0 Å². The fourth-order valence-corrected chi connectivity index (χ4v) is 5.94. The summed E-state index contributed by atoms with van der Waals surface area (Å²) in [5, 5.41) is 53.7. The lowest BCUT2D eigenvalue weighted by atomic mass is 10.1. The first-order chi connectivity index (χ1) is 26.4. The third kappa shape index (κ3) is 12.8. The van der Waals surface area contributed by atoms with Crippen molar-refractivity contribution in [3.05, 3.63) is 58.1 Å². The van der Waals surface area contributed by atoms with Gasteiger partial charge in [0, 0.05) is 16.3 Å². The Labute approximate surface area is 327 Å². The average Bonchev–Trinajstić information content (AvgIpc) is 3.08. The second kappa shape index (κ2) is 19.0. The molecule has 0 bridgehead atoms. The van der Waals surface area contributed by atoms with Crippen molar-refractivity contribution in [3.8, 4) is 0 Å². The van der Waals surface area contributed by atoms with Crippen molar-refractivity contribution < 1.29 is 67.2 Å². The lowest BCUT2D eigenvalue weighted by molar-refractivity contribution is -0.432. The van der Waals surface area contributed by atoms with E-state index in [2.05, 4.69) is 49.9 Å². The average molecular weight is 860 g/mol. The zero-order valence-corrected chi connectivity index (χ0v) is 30.7. The molecule has 0 unspecified atom stereocenters. The highest BCUT2D eigenvalue weighted by Gasteiger charge is 2.22. The number of halogens is 2. The number of anilines is 6. The Bertz CT molecular complexity index is 2260. The van der Waals surface area contributed by atoms with E-state index in [4.69, 9.17) is 38.7 Å². The van der Waals surface area contributed by atoms with Crippen LogP contribution in [0.2, 0.25) is 10.6 Å². The second-order valence-corrected chi connectivity index (χ2v) is 13.3. The molecule has 296 valence electrons. The largest absolute Gasteiger partial charge is 0.480 e. The minimum atomic E-state index is -4.90. The van der Waals surface area contributed by atoms with E-state index in [1.807, 2.05) is 0 Å². The van der Waals surface area contributed by atoms with Crippen LogP contribution in [0.3, 0.4) is 0 Å². The van der Waals surface area contributed by atoms with Crippen LogP contribution in [0.1, 0.15) is 11.1 Å². The number of carbonyl (C=O) groups is 4. The van der Waals surface area contributed by atoms with Crippen LogP contribution >= 0.6 is 35.2 Å². The monoisotopic (exact) mass is 858 g/mol. The van der Waals surface area contributed by atoms with Crippen LogP contribution in [0.15, 0.2) is 46.2 Å². The van der Waals surface area contributed by atoms with Gasteiger partial charge < -0.3 is 40.9 Å². The standard InChI is InChI=1S/C28H24Cl2N10O14S2/c29-23-33-25(37-27(35-23)39(9-19(41)42)10-20(43)44)31-15-5-3-13(17(7-15)55-54-53-49)1-2-14-4-6-16(8-18(14)56(50,51)52)32-26-34-24(30)36-28(38-26)40(11-21(45)46)12-22(47)48/h1-8,49H,9-12H2,(H,41,42)(H,43,44)(H,45,46)(H,47,48)(H,50,51,52)(H,31,33,35,37)(H,32,34,36,38). The third-order valence-electron chi connectivity index (χ3n) is 6.48.